The number of amides is 1. The van der Waals surface area contributed by atoms with Crippen molar-refractivity contribution in [1.82, 2.24) is 10.4 Å². The number of carbonyl (C=O) groups excluding carboxylic acids is 1. The second-order valence-corrected chi connectivity index (χ2v) is 10.2. The Bertz CT molecular complexity index is 1500. The number of para-hydroxylation sites is 1. The van der Waals surface area contributed by atoms with Gasteiger partial charge in [-0.3, -0.25) is 9.10 Å². The van der Waals surface area contributed by atoms with Crippen molar-refractivity contribution in [1.29, 1.82) is 0 Å². The highest BCUT2D eigenvalue weighted by molar-refractivity contribution is 7.92. The molecule has 7 nitrogen and oxygen atoms in total. The quantitative estimate of drug-likeness (QED) is 0.220. The minimum Gasteiger partial charge on any atom is -0.271 e. The van der Waals surface area contributed by atoms with Crippen LogP contribution in [-0.2, 0) is 14.8 Å². The summed E-state index contributed by atoms with van der Waals surface area (Å²) in [7, 11) is -4.00. The van der Waals surface area contributed by atoms with Gasteiger partial charge in [0.05, 0.1) is 22.3 Å². The van der Waals surface area contributed by atoms with E-state index in [0.717, 1.165) is 26.3 Å². The third-order valence-electron chi connectivity index (χ3n) is 5.21. The first-order chi connectivity index (χ1) is 16.7. The summed E-state index contributed by atoms with van der Waals surface area (Å²) in [5, 5.41) is 5.09. The molecular weight excluding hydrogens is 484 g/mol. The van der Waals surface area contributed by atoms with E-state index in [1.54, 1.807) is 30.3 Å². The Hall–Kier alpha value is -3.75. The summed E-state index contributed by atoms with van der Waals surface area (Å²) in [4.78, 5) is 17.2. The Kier molecular flexibility index (Phi) is 7.14. The zero-order valence-corrected chi connectivity index (χ0v) is 20.7. The van der Waals surface area contributed by atoms with Crippen LogP contribution in [0.15, 0.2) is 88.9 Å². The van der Waals surface area contributed by atoms with Crippen molar-refractivity contribution >= 4 is 50.3 Å². The summed E-state index contributed by atoms with van der Waals surface area (Å²) in [6.07, 6.45) is 1.38. The lowest BCUT2D eigenvalue weighted by Gasteiger charge is -2.24. The van der Waals surface area contributed by atoms with Gasteiger partial charge < -0.3 is 0 Å². The Morgan fingerprint density at radius 2 is 1.66 bits per heavy atom. The lowest BCUT2D eigenvalue weighted by Crippen LogP contribution is -2.39. The molecular formula is C26H23ClN4O3S. The van der Waals surface area contributed by atoms with Gasteiger partial charge in [0.15, 0.2) is 0 Å². The third-order valence-corrected chi connectivity index (χ3v) is 7.30. The van der Waals surface area contributed by atoms with E-state index in [0.29, 0.717) is 11.3 Å². The van der Waals surface area contributed by atoms with Crippen LogP contribution in [0.4, 0.5) is 5.69 Å². The zero-order valence-electron chi connectivity index (χ0n) is 19.1. The summed E-state index contributed by atoms with van der Waals surface area (Å²) < 4.78 is 28.0. The van der Waals surface area contributed by atoms with Crippen molar-refractivity contribution in [3.05, 3.63) is 101 Å². The molecule has 0 aliphatic carbocycles. The number of hydrazone groups is 1. The molecule has 0 radical (unpaired) electrons. The summed E-state index contributed by atoms with van der Waals surface area (Å²) >= 11 is 6.24. The first-order valence-corrected chi connectivity index (χ1v) is 12.6. The van der Waals surface area contributed by atoms with Gasteiger partial charge >= 0.3 is 0 Å². The van der Waals surface area contributed by atoms with Gasteiger partial charge in [-0.1, -0.05) is 54.1 Å². The molecule has 4 rings (SSSR count). The average Bonchev–Trinajstić information content (AvgIpc) is 2.82. The van der Waals surface area contributed by atoms with Gasteiger partial charge in [0.1, 0.15) is 11.7 Å². The number of fused-ring (bicyclic) bond motifs is 1. The number of aromatic nitrogens is 1. The number of halogens is 1. The normalized spacial score (nSPS) is 11.6. The van der Waals surface area contributed by atoms with Crippen LogP contribution < -0.4 is 9.73 Å². The summed E-state index contributed by atoms with van der Waals surface area (Å²) in [5.74, 6) is -0.607. The van der Waals surface area contributed by atoms with Gasteiger partial charge in [-0.15, -0.1) is 0 Å². The van der Waals surface area contributed by atoms with Gasteiger partial charge in [0, 0.05) is 10.9 Å². The molecule has 0 spiro atoms. The zero-order chi connectivity index (χ0) is 25.0. The Morgan fingerprint density at radius 1 is 1.00 bits per heavy atom. The second-order valence-electron chi connectivity index (χ2n) is 8.02. The predicted molar refractivity (Wildman–Crippen MR) is 139 cm³/mol. The first kappa shape index (κ1) is 24.4. The smallest absolute Gasteiger partial charge is 0.264 e. The standard InChI is InChI=1S/C26H23ClN4O3S/c1-18-12-19(2)14-22(13-18)31(35(33,34)23-9-4-3-5-10-23)17-25(32)30-28-16-21-15-20-8-6-7-11-24(20)29-26(21)27/h3-16H,17H2,1-2H3,(H,30,32)/b28-16-. The molecule has 0 saturated heterocycles. The Labute approximate surface area is 209 Å². The molecule has 178 valence electrons. The molecule has 0 aliphatic heterocycles. The van der Waals surface area contributed by atoms with Gasteiger partial charge in [-0.2, -0.15) is 5.10 Å². The molecule has 0 aliphatic rings. The van der Waals surface area contributed by atoms with Gasteiger partial charge in [0.2, 0.25) is 0 Å². The Morgan fingerprint density at radius 3 is 2.37 bits per heavy atom. The minimum absolute atomic E-state index is 0.0875. The van der Waals surface area contributed by atoms with Crippen molar-refractivity contribution in [2.45, 2.75) is 18.7 Å². The molecule has 0 unspecified atom stereocenters. The number of carbonyl (C=O) groups is 1. The number of hydrogen-bond acceptors (Lipinski definition) is 5. The minimum atomic E-state index is -4.00. The van der Waals surface area contributed by atoms with Crippen LogP contribution in [0.25, 0.3) is 10.9 Å². The highest BCUT2D eigenvalue weighted by atomic mass is 35.5. The molecule has 1 heterocycles. The summed E-state index contributed by atoms with van der Waals surface area (Å²) in [6, 6.07) is 22.7. The fraction of sp³-hybridized carbons (Fsp3) is 0.115. The molecule has 1 aromatic heterocycles. The number of anilines is 1. The number of benzene rings is 3. The number of sulfonamides is 1. The van der Waals surface area contributed by atoms with E-state index in [-0.39, 0.29) is 10.0 Å². The summed E-state index contributed by atoms with van der Waals surface area (Å²) in [6.45, 7) is 3.28. The van der Waals surface area contributed by atoms with E-state index in [1.807, 2.05) is 50.2 Å². The van der Waals surface area contributed by atoms with E-state index >= 15 is 0 Å². The van der Waals surface area contributed by atoms with Crippen molar-refractivity contribution in [3.63, 3.8) is 0 Å². The average molecular weight is 507 g/mol. The van der Waals surface area contributed by atoms with Crippen LogP contribution in [0.2, 0.25) is 5.15 Å². The van der Waals surface area contributed by atoms with Crippen molar-refractivity contribution in [3.8, 4) is 0 Å². The predicted octanol–water partition coefficient (Wildman–Crippen LogP) is 4.85. The third kappa shape index (κ3) is 5.67. The summed E-state index contributed by atoms with van der Waals surface area (Å²) in [5.41, 5.74) is 5.82. The molecule has 0 fully saturated rings. The number of hydrogen-bond donors (Lipinski definition) is 1. The van der Waals surface area contributed by atoms with Crippen LogP contribution in [0.3, 0.4) is 0 Å². The van der Waals surface area contributed by atoms with Gasteiger partial charge in [-0.05, 0) is 61.4 Å². The number of pyridine rings is 1. The molecule has 9 heteroatoms. The van der Waals surface area contributed by atoms with Crippen LogP contribution in [0, 0.1) is 13.8 Å². The molecule has 3 aromatic carbocycles. The SMILES string of the molecule is Cc1cc(C)cc(N(CC(=O)N/N=C\c2cc3ccccc3nc2Cl)S(=O)(=O)c2ccccc2)c1. The lowest BCUT2D eigenvalue weighted by atomic mass is 10.1. The Balaban J connectivity index is 1.58. The van der Waals surface area contributed by atoms with Crippen LogP contribution in [0.5, 0.6) is 0 Å². The maximum Gasteiger partial charge on any atom is 0.264 e. The highest BCUT2D eigenvalue weighted by Gasteiger charge is 2.27. The molecule has 0 saturated carbocycles. The number of rotatable bonds is 7. The monoisotopic (exact) mass is 506 g/mol. The van der Waals surface area contributed by atoms with Gasteiger partial charge in [0.25, 0.3) is 15.9 Å². The van der Waals surface area contributed by atoms with Crippen molar-refractivity contribution < 1.29 is 13.2 Å². The van der Waals surface area contributed by atoms with Crippen LogP contribution >= 0.6 is 11.6 Å². The van der Waals surface area contributed by atoms with E-state index < -0.39 is 22.5 Å². The lowest BCUT2D eigenvalue weighted by molar-refractivity contribution is -0.119. The largest absolute Gasteiger partial charge is 0.271 e. The molecule has 4 aromatic rings. The highest BCUT2D eigenvalue weighted by Crippen LogP contribution is 2.26. The van der Waals surface area contributed by atoms with E-state index in [1.165, 1.54) is 18.3 Å². The fourth-order valence-corrected chi connectivity index (χ4v) is 5.29. The molecule has 1 amide bonds. The number of aryl methyl sites for hydroxylation is 2. The topological polar surface area (TPSA) is 91.7 Å². The molecule has 35 heavy (non-hydrogen) atoms. The van der Waals surface area contributed by atoms with Crippen molar-refractivity contribution in [2.24, 2.45) is 5.10 Å². The second kappa shape index (κ2) is 10.2. The maximum atomic E-state index is 13.4. The molecule has 0 bridgehead atoms. The fourth-order valence-electron chi connectivity index (χ4n) is 3.67. The molecule has 1 N–H and O–H groups in total. The van der Waals surface area contributed by atoms with Crippen molar-refractivity contribution in [2.75, 3.05) is 10.8 Å². The first-order valence-electron chi connectivity index (χ1n) is 10.8. The van der Waals surface area contributed by atoms with Crippen LogP contribution in [0.1, 0.15) is 16.7 Å². The number of nitrogens with zero attached hydrogens (tertiary/aromatic N) is 3. The van der Waals surface area contributed by atoms with E-state index in [2.05, 4.69) is 15.5 Å². The van der Waals surface area contributed by atoms with Gasteiger partial charge in [-0.25, -0.2) is 18.8 Å². The number of nitrogens with one attached hydrogen (secondary N) is 1. The van der Waals surface area contributed by atoms with E-state index in [4.69, 9.17) is 11.6 Å². The maximum absolute atomic E-state index is 13.4. The van der Waals surface area contributed by atoms with Crippen LogP contribution in [-0.4, -0.2) is 32.1 Å². The van der Waals surface area contributed by atoms with E-state index in [9.17, 15) is 13.2 Å². The molecule has 0 atom stereocenters.